The molecule has 1 amide bonds. The number of fused-ring (bicyclic) bond motifs is 1. The van der Waals surface area contributed by atoms with Crippen LogP contribution in [0.15, 0.2) is 65.1 Å². The summed E-state index contributed by atoms with van der Waals surface area (Å²) < 4.78 is 11.5. The number of benzene rings is 3. The van der Waals surface area contributed by atoms with E-state index in [-0.39, 0.29) is 12.5 Å². The number of ether oxygens (including phenoxy) is 1. The molecule has 1 aromatic heterocycles. The third-order valence-corrected chi connectivity index (χ3v) is 5.28. The number of hydrogen-bond acceptors (Lipinski definition) is 4. The lowest BCUT2D eigenvalue weighted by Gasteiger charge is -2.11. The van der Waals surface area contributed by atoms with Gasteiger partial charge in [0.25, 0.3) is 5.91 Å². The van der Waals surface area contributed by atoms with E-state index in [1.54, 1.807) is 12.1 Å². The first-order valence-electron chi connectivity index (χ1n) is 10.1. The number of nitrogens with one attached hydrogen (secondary N) is 1. The maximum atomic E-state index is 12.4. The number of aromatic nitrogens is 1. The van der Waals surface area contributed by atoms with Crippen LogP contribution in [0.4, 0.5) is 5.69 Å². The number of hydrogen-bond donors (Lipinski definition) is 1. The molecule has 0 aliphatic carbocycles. The fourth-order valence-electron chi connectivity index (χ4n) is 3.19. The van der Waals surface area contributed by atoms with Crippen LogP contribution in [-0.4, -0.2) is 17.5 Å². The van der Waals surface area contributed by atoms with Crippen LogP contribution in [0.2, 0.25) is 5.02 Å². The maximum Gasteiger partial charge on any atom is 0.262 e. The topological polar surface area (TPSA) is 64.4 Å². The van der Waals surface area contributed by atoms with Gasteiger partial charge in [-0.1, -0.05) is 43.6 Å². The van der Waals surface area contributed by atoms with E-state index >= 15 is 0 Å². The van der Waals surface area contributed by atoms with Crippen LogP contribution in [0, 0.1) is 6.92 Å². The van der Waals surface area contributed by atoms with E-state index in [2.05, 4.69) is 24.1 Å². The van der Waals surface area contributed by atoms with Gasteiger partial charge in [0.1, 0.15) is 11.3 Å². The van der Waals surface area contributed by atoms with Crippen LogP contribution in [0.3, 0.4) is 0 Å². The van der Waals surface area contributed by atoms with E-state index in [4.69, 9.17) is 20.8 Å². The molecular formula is C25H23ClN2O3. The highest BCUT2D eigenvalue weighted by Crippen LogP contribution is 2.30. The summed E-state index contributed by atoms with van der Waals surface area (Å²) in [6.07, 6.45) is 0. The first-order valence-corrected chi connectivity index (χ1v) is 10.5. The zero-order chi connectivity index (χ0) is 22.0. The second-order valence-corrected chi connectivity index (χ2v) is 8.15. The first-order chi connectivity index (χ1) is 14.9. The minimum atomic E-state index is -0.305. The van der Waals surface area contributed by atoms with Gasteiger partial charge < -0.3 is 14.5 Å². The minimum Gasteiger partial charge on any atom is -0.484 e. The molecule has 1 heterocycles. The number of anilines is 1. The van der Waals surface area contributed by atoms with Crippen LogP contribution in [0.5, 0.6) is 5.75 Å². The summed E-state index contributed by atoms with van der Waals surface area (Å²) in [6, 6.07) is 18.8. The molecule has 0 saturated carbocycles. The van der Waals surface area contributed by atoms with Gasteiger partial charge >= 0.3 is 0 Å². The minimum absolute atomic E-state index is 0.121. The number of amides is 1. The Morgan fingerprint density at radius 2 is 1.87 bits per heavy atom. The Kier molecular flexibility index (Phi) is 5.96. The van der Waals surface area contributed by atoms with Crippen LogP contribution >= 0.6 is 11.6 Å². The molecule has 0 bridgehead atoms. The van der Waals surface area contributed by atoms with Gasteiger partial charge in [0.2, 0.25) is 5.89 Å². The molecule has 1 N–H and O–H groups in total. The Hall–Kier alpha value is -3.31. The highest BCUT2D eigenvalue weighted by molar-refractivity contribution is 6.33. The van der Waals surface area contributed by atoms with Gasteiger partial charge in [0, 0.05) is 5.56 Å². The highest BCUT2D eigenvalue weighted by atomic mass is 35.5. The third-order valence-electron chi connectivity index (χ3n) is 4.95. The van der Waals surface area contributed by atoms with Gasteiger partial charge in [0.05, 0.1) is 10.7 Å². The molecule has 6 heteroatoms. The van der Waals surface area contributed by atoms with E-state index in [9.17, 15) is 4.79 Å². The number of rotatable bonds is 6. The molecule has 31 heavy (non-hydrogen) atoms. The van der Waals surface area contributed by atoms with Crippen molar-refractivity contribution < 1.29 is 13.9 Å². The van der Waals surface area contributed by atoms with Crippen molar-refractivity contribution in [2.75, 3.05) is 11.9 Å². The number of carbonyl (C=O) groups excluding carboxylic acids is 1. The van der Waals surface area contributed by atoms with Gasteiger partial charge in [0.15, 0.2) is 12.2 Å². The predicted octanol–water partition coefficient (Wildman–Crippen LogP) is 6.60. The zero-order valence-electron chi connectivity index (χ0n) is 17.6. The molecule has 0 aliphatic rings. The summed E-state index contributed by atoms with van der Waals surface area (Å²) in [5, 5.41) is 3.22. The van der Waals surface area contributed by atoms with Crippen molar-refractivity contribution in [2.24, 2.45) is 0 Å². The Morgan fingerprint density at radius 3 is 2.61 bits per heavy atom. The van der Waals surface area contributed by atoms with E-state index in [1.807, 2.05) is 55.5 Å². The second-order valence-electron chi connectivity index (χ2n) is 7.75. The number of carbonyl (C=O) groups is 1. The molecule has 4 aromatic rings. The van der Waals surface area contributed by atoms with Gasteiger partial charge in [-0.2, -0.15) is 0 Å². The van der Waals surface area contributed by atoms with E-state index in [0.29, 0.717) is 33.9 Å². The lowest BCUT2D eigenvalue weighted by Crippen LogP contribution is -2.20. The number of halogens is 1. The van der Waals surface area contributed by atoms with Gasteiger partial charge in [-0.15, -0.1) is 0 Å². The summed E-state index contributed by atoms with van der Waals surface area (Å²) in [6.45, 7) is 6.13. The van der Waals surface area contributed by atoms with E-state index in [1.165, 1.54) is 5.56 Å². The number of aryl methyl sites for hydroxylation is 1. The number of oxazole rings is 1. The van der Waals surface area contributed by atoms with Gasteiger partial charge in [-0.05, 0) is 66.4 Å². The van der Waals surface area contributed by atoms with Crippen molar-refractivity contribution in [3.8, 4) is 17.2 Å². The number of nitrogens with zero attached hydrogens (tertiary/aromatic N) is 1. The molecule has 0 radical (unpaired) electrons. The van der Waals surface area contributed by atoms with Crippen LogP contribution in [0.25, 0.3) is 22.6 Å². The lowest BCUT2D eigenvalue weighted by atomic mass is 10.0. The molecule has 0 unspecified atom stereocenters. The van der Waals surface area contributed by atoms with Crippen molar-refractivity contribution in [1.82, 2.24) is 4.98 Å². The van der Waals surface area contributed by atoms with Gasteiger partial charge in [-0.3, -0.25) is 4.79 Å². The average Bonchev–Trinajstić information content (AvgIpc) is 3.17. The van der Waals surface area contributed by atoms with Crippen molar-refractivity contribution in [3.05, 3.63) is 76.8 Å². The van der Waals surface area contributed by atoms with E-state index < -0.39 is 0 Å². The summed E-state index contributed by atoms with van der Waals surface area (Å²) in [4.78, 5) is 16.9. The van der Waals surface area contributed by atoms with Gasteiger partial charge in [-0.25, -0.2) is 4.98 Å². The monoisotopic (exact) mass is 434 g/mol. The van der Waals surface area contributed by atoms with Crippen LogP contribution < -0.4 is 10.1 Å². The van der Waals surface area contributed by atoms with E-state index in [0.717, 1.165) is 16.6 Å². The maximum absolute atomic E-state index is 12.4. The largest absolute Gasteiger partial charge is 0.484 e. The molecule has 0 fully saturated rings. The van der Waals surface area contributed by atoms with Crippen LogP contribution in [-0.2, 0) is 4.79 Å². The Morgan fingerprint density at radius 1 is 1.10 bits per heavy atom. The van der Waals surface area contributed by atoms with Crippen molar-refractivity contribution in [3.63, 3.8) is 0 Å². The smallest absolute Gasteiger partial charge is 0.262 e. The normalized spacial score (nSPS) is 11.1. The summed E-state index contributed by atoms with van der Waals surface area (Å²) >= 11 is 6.28. The highest BCUT2D eigenvalue weighted by Gasteiger charge is 2.13. The second kappa shape index (κ2) is 8.82. The molecular weight excluding hydrogens is 412 g/mol. The SMILES string of the molecule is Cc1ccc2nc(-c3ccc(Cl)c(NC(=O)COc4ccc(C(C)C)cc4)c3)oc2c1. The molecule has 158 valence electrons. The zero-order valence-corrected chi connectivity index (χ0v) is 18.4. The quantitative estimate of drug-likeness (QED) is 0.371. The first kappa shape index (κ1) is 20.9. The summed E-state index contributed by atoms with van der Waals surface area (Å²) in [5.41, 5.74) is 5.00. The summed E-state index contributed by atoms with van der Waals surface area (Å²) in [5.74, 6) is 1.24. The molecule has 0 spiro atoms. The predicted molar refractivity (Wildman–Crippen MR) is 124 cm³/mol. The fraction of sp³-hybridized carbons (Fsp3) is 0.200. The Labute approximate surface area is 186 Å². The molecule has 0 saturated heterocycles. The van der Waals surface area contributed by atoms with Crippen LogP contribution in [0.1, 0.15) is 30.9 Å². The standard InChI is InChI=1S/C25H23ClN2O3/c1-15(2)17-5-8-19(9-6-17)30-14-24(29)27-22-13-18(7-10-20(22)26)25-28-21-11-4-16(3)12-23(21)31-25/h4-13,15H,14H2,1-3H3,(H,27,29). The van der Waals surface area contributed by atoms with Crippen molar-refractivity contribution >= 4 is 34.3 Å². The van der Waals surface area contributed by atoms with Crippen molar-refractivity contribution in [2.45, 2.75) is 26.7 Å². The molecule has 0 aliphatic heterocycles. The van der Waals surface area contributed by atoms with Crippen molar-refractivity contribution in [1.29, 1.82) is 0 Å². The summed E-state index contributed by atoms with van der Waals surface area (Å²) in [7, 11) is 0. The Bertz CT molecular complexity index is 1230. The molecule has 3 aromatic carbocycles. The lowest BCUT2D eigenvalue weighted by molar-refractivity contribution is -0.118. The molecule has 0 atom stereocenters. The Balaban J connectivity index is 1.45. The average molecular weight is 435 g/mol. The molecule has 5 nitrogen and oxygen atoms in total. The molecule has 4 rings (SSSR count). The third kappa shape index (κ3) is 4.89. The fourth-order valence-corrected chi connectivity index (χ4v) is 3.36.